The Kier molecular flexibility index (Phi) is 2.90. The first kappa shape index (κ1) is 10.3. The Morgan fingerprint density at radius 3 is 3.00 bits per heavy atom. The maximum absolute atomic E-state index is 11.5. The van der Waals surface area contributed by atoms with Gasteiger partial charge in [0.15, 0.2) is 0 Å². The minimum Gasteiger partial charge on any atom is -0.309 e. The van der Waals surface area contributed by atoms with E-state index < -0.39 is 0 Å². The van der Waals surface area contributed by atoms with E-state index in [1.807, 2.05) is 13.0 Å². The smallest absolute Gasteiger partial charge is 0.247 e. The topological polar surface area (TPSA) is 72.7 Å². The molecule has 2 heterocycles. The van der Waals surface area contributed by atoms with Crippen molar-refractivity contribution in [2.45, 2.75) is 13.5 Å². The molecule has 1 N–H and O–H groups in total. The third-order valence-electron chi connectivity index (χ3n) is 1.95. The van der Waals surface area contributed by atoms with Gasteiger partial charge < -0.3 is 5.32 Å². The number of pyridine rings is 1. The lowest BCUT2D eigenvalue weighted by Crippen LogP contribution is -2.19. The third-order valence-corrected chi connectivity index (χ3v) is 1.95. The lowest BCUT2D eigenvalue weighted by atomic mass is 10.3. The SMILES string of the molecule is Cc1ccc(NC(=O)Cn2cncn2)nc1. The van der Waals surface area contributed by atoms with Gasteiger partial charge in [-0.3, -0.25) is 4.79 Å². The molecule has 0 aromatic carbocycles. The minimum absolute atomic E-state index is 0.134. The summed E-state index contributed by atoms with van der Waals surface area (Å²) in [4.78, 5) is 19.3. The summed E-state index contributed by atoms with van der Waals surface area (Å²) in [5, 5.41) is 6.51. The number of hydrogen-bond acceptors (Lipinski definition) is 4. The average Bonchev–Trinajstić information content (AvgIpc) is 2.74. The second-order valence-electron chi connectivity index (χ2n) is 3.36. The second kappa shape index (κ2) is 4.52. The van der Waals surface area contributed by atoms with Crippen LogP contribution in [0, 0.1) is 6.92 Å². The molecule has 0 aliphatic rings. The van der Waals surface area contributed by atoms with E-state index in [4.69, 9.17) is 0 Å². The van der Waals surface area contributed by atoms with Crippen molar-refractivity contribution in [3.63, 3.8) is 0 Å². The lowest BCUT2D eigenvalue weighted by molar-refractivity contribution is -0.116. The van der Waals surface area contributed by atoms with Gasteiger partial charge >= 0.3 is 0 Å². The van der Waals surface area contributed by atoms with Crippen LogP contribution < -0.4 is 5.32 Å². The van der Waals surface area contributed by atoms with Gasteiger partial charge in [-0.2, -0.15) is 5.10 Å². The average molecular weight is 217 g/mol. The van der Waals surface area contributed by atoms with Gasteiger partial charge in [-0.15, -0.1) is 0 Å². The van der Waals surface area contributed by atoms with Gasteiger partial charge in [-0.05, 0) is 18.6 Å². The maximum atomic E-state index is 11.5. The molecule has 2 aromatic heterocycles. The van der Waals surface area contributed by atoms with Crippen LogP contribution in [0.1, 0.15) is 5.56 Å². The zero-order valence-electron chi connectivity index (χ0n) is 8.79. The monoisotopic (exact) mass is 217 g/mol. The Bertz CT molecular complexity index is 462. The molecule has 2 rings (SSSR count). The predicted octanol–water partition coefficient (Wildman–Crippen LogP) is 0.620. The molecule has 0 saturated carbocycles. The molecule has 0 fully saturated rings. The molecule has 0 bridgehead atoms. The molecule has 0 aliphatic carbocycles. The fraction of sp³-hybridized carbons (Fsp3) is 0.200. The Labute approximate surface area is 92.3 Å². The Morgan fingerprint density at radius 2 is 2.38 bits per heavy atom. The summed E-state index contributed by atoms with van der Waals surface area (Å²) in [7, 11) is 0. The van der Waals surface area contributed by atoms with Crippen molar-refractivity contribution < 1.29 is 4.79 Å². The first-order valence-electron chi connectivity index (χ1n) is 4.79. The summed E-state index contributed by atoms with van der Waals surface area (Å²) in [5.74, 6) is 0.359. The van der Waals surface area contributed by atoms with Crippen LogP contribution in [0.25, 0.3) is 0 Å². The molecular weight excluding hydrogens is 206 g/mol. The molecule has 0 aliphatic heterocycles. The standard InChI is InChI=1S/C10H11N5O/c1-8-2-3-9(12-4-8)14-10(16)5-15-7-11-6-13-15/h2-4,6-7H,5H2,1H3,(H,12,14,16). The molecule has 82 valence electrons. The summed E-state index contributed by atoms with van der Waals surface area (Å²) in [6.45, 7) is 2.07. The third kappa shape index (κ3) is 2.63. The molecule has 2 aromatic rings. The van der Waals surface area contributed by atoms with E-state index in [0.717, 1.165) is 5.56 Å². The van der Waals surface area contributed by atoms with Crippen LogP contribution in [0.3, 0.4) is 0 Å². The summed E-state index contributed by atoms with van der Waals surface area (Å²) in [6, 6.07) is 3.65. The first-order valence-corrected chi connectivity index (χ1v) is 4.79. The highest BCUT2D eigenvalue weighted by Crippen LogP contribution is 2.03. The van der Waals surface area contributed by atoms with Gasteiger partial charge in [0.2, 0.25) is 5.91 Å². The van der Waals surface area contributed by atoms with E-state index in [1.165, 1.54) is 17.3 Å². The zero-order valence-corrected chi connectivity index (χ0v) is 8.79. The molecule has 0 unspecified atom stereocenters. The maximum Gasteiger partial charge on any atom is 0.247 e. The highest BCUT2D eigenvalue weighted by molar-refractivity contribution is 5.89. The van der Waals surface area contributed by atoms with Gasteiger partial charge in [0.05, 0.1) is 0 Å². The molecule has 0 spiro atoms. The Balaban J connectivity index is 1.95. The van der Waals surface area contributed by atoms with Gasteiger partial charge in [0.25, 0.3) is 0 Å². The Hall–Kier alpha value is -2.24. The van der Waals surface area contributed by atoms with E-state index in [0.29, 0.717) is 5.82 Å². The lowest BCUT2D eigenvalue weighted by Gasteiger charge is -2.03. The van der Waals surface area contributed by atoms with Crippen LogP contribution in [-0.4, -0.2) is 25.7 Å². The number of nitrogens with zero attached hydrogens (tertiary/aromatic N) is 4. The van der Waals surface area contributed by atoms with E-state index in [1.54, 1.807) is 12.3 Å². The summed E-state index contributed by atoms with van der Waals surface area (Å²) in [6.07, 6.45) is 4.57. The van der Waals surface area contributed by atoms with Crippen molar-refractivity contribution in [2.75, 3.05) is 5.32 Å². The highest BCUT2D eigenvalue weighted by atomic mass is 16.2. The number of carbonyl (C=O) groups excluding carboxylic acids is 1. The summed E-state index contributed by atoms with van der Waals surface area (Å²) in [5.41, 5.74) is 1.05. The van der Waals surface area contributed by atoms with Crippen molar-refractivity contribution in [1.82, 2.24) is 19.7 Å². The quantitative estimate of drug-likeness (QED) is 0.818. The number of anilines is 1. The van der Waals surface area contributed by atoms with Crippen LogP contribution in [0.15, 0.2) is 31.0 Å². The van der Waals surface area contributed by atoms with Crippen LogP contribution >= 0.6 is 0 Å². The molecular formula is C10H11N5O. The van der Waals surface area contributed by atoms with E-state index in [2.05, 4.69) is 20.4 Å². The van der Waals surface area contributed by atoms with E-state index in [-0.39, 0.29) is 12.5 Å². The highest BCUT2D eigenvalue weighted by Gasteiger charge is 2.04. The minimum atomic E-state index is -0.179. The largest absolute Gasteiger partial charge is 0.309 e. The van der Waals surface area contributed by atoms with Crippen LogP contribution in [0.4, 0.5) is 5.82 Å². The molecule has 0 radical (unpaired) electrons. The molecule has 6 heteroatoms. The fourth-order valence-electron chi connectivity index (χ4n) is 1.19. The molecule has 1 amide bonds. The predicted molar refractivity (Wildman–Crippen MR) is 57.6 cm³/mol. The van der Waals surface area contributed by atoms with Crippen LogP contribution in [0.2, 0.25) is 0 Å². The molecule has 0 saturated heterocycles. The van der Waals surface area contributed by atoms with Crippen molar-refractivity contribution >= 4 is 11.7 Å². The molecule has 0 atom stereocenters. The number of aryl methyl sites for hydroxylation is 1. The second-order valence-corrected chi connectivity index (χ2v) is 3.36. The van der Waals surface area contributed by atoms with Crippen LogP contribution in [-0.2, 0) is 11.3 Å². The normalized spacial score (nSPS) is 10.1. The van der Waals surface area contributed by atoms with Crippen molar-refractivity contribution in [3.8, 4) is 0 Å². The van der Waals surface area contributed by atoms with Gasteiger partial charge in [0.1, 0.15) is 25.0 Å². The number of nitrogens with one attached hydrogen (secondary N) is 1. The fourth-order valence-corrected chi connectivity index (χ4v) is 1.19. The molecule has 6 nitrogen and oxygen atoms in total. The summed E-state index contributed by atoms with van der Waals surface area (Å²) < 4.78 is 1.45. The van der Waals surface area contributed by atoms with Gasteiger partial charge in [0, 0.05) is 6.20 Å². The number of amides is 1. The van der Waals surface area contributed by atoms with Crippen molar-refractivity contribution in [3.05, 3.63) is 36.5 Å². The number of rotatable bonds is 3. The van der Waals surface area contributed by atoms with E-state index in [9.17, 15) is 4.79 Å². The van der Waals surface area contributed by atoms with Crippen molar-refractivity contribution in [1.29, 1.82) is 0 Å². The first-order chi connectivity index (χ1) is 7.74. The Morgan fingerprint density at radius 1 is 1.50 bits per heavy atom. The number of hydrogen-bond donors (Lipinski definition) is 1. The van der Waals surface area contributed by atoms with Gasteiger partial charge in [-0.1, -0.05) is 6.07 Å². The number of carbonyl (C=O) groups is 1. The zero-order chi connectivity index (χ0) is 11.4. The molecule has 16 heavy (non-hydrogen) atoms. The van der Waals surface area contributed by atoms with E-state index >= 15 is 0 Å². The van der Waals surface area contributed by atoms with Gasteiger partial charge in [-0.25, -0.2) is 14.6 Å². The van der Waals surface area contributed by atoms with Crippen molar-refractivity contribution in [2.24, 2.45) is 0 Å². The van der Waals surface area contributed by atoms with Crippen LogP contribution in [0.5, 0.6) is 0 Å². The number of aromatic nitrogens is 4. The summed E-state index contributed by atoms with van der Waals surface area (Å²) >= 11 is 0.